The smallest absolute Gasteiger partial charge is 0.348 e. The Hall–Kier alpha value is -2.10. The topological polar surface area (TPSA) is 52.6 Å². The largest absolute Gasteiger partial charge is 0.419 e. The highest BCUT2D eigenvalue weighted by Gasteiger charge is 2.42. The highest BCUT2D eigenvalue weighted by molar-refractivity contribution is 6.16. The minimum Gasteiger partial charge on any atom is -0.419 e. The molecule has 25 heavy (non-hydrogen) atoms. The molecule has 0 aliphatic carbocycles. The van der Waals surface area contributed by atoms with Crippen molar-refractivity contribution in [2.24, 2.45) is 5.92 Å². The summed E-state index contributed by atoms with van der Waals surface area (Å²) >= 11 is 0. The highest BCUT2D eigenvalue weighted by Crippen LogP contribution is 2.39. The molecule has 0 amide bonds. The molecule has 2 rings (SSSR count). The van der Waals surface area contributed by atoms with Gasteiger partial charge in [0.25, 0.3) is 5.79 Å². The van der Waals surface area contributed by atoms with Crippen LogP contribution in [0.2, 0.25) is 0 Å². The summed E-state index contributed by atoms with van der Waals surface area (Å²) in [4.78, 5) is 25.0. The number of benzene rings is 1. The molecule has 0 N–H and O–H groups in total. The fourth-order valence-corrected chi connectivity index (χ4v) is 3.19. The Morgan fingerprint density at radius 3 is 2.04 bits per heavy atom. The summed E-state index contributed by atoms with van der Waals surface area (Å²) in [5, 5.41) is 0. The molecule has 1 aliphatic rings. The molecule has 1 aromatic rings. The van der Waals surface area contributed by atoms with Gasteiger partial charge in [0.1, 0.15) is 5.57 Å². The lowest BCUT2D eigenvalue weighted by molar-refractivity contribution is -0.222. The molecule has 0 radical (unpaired) electrons. The van der Waals surface area contributed by atoms with E-state index in [-0.39, 0.29) is 16.9 Å². The quantitative estimate of drug-likeness (QED) is 0.447. The second-order valence-corrected chi connectivity index (χ2v) is 7.69. The lowest BCUT2D eigenvalue weighted by Gasteiger charge is -2.35. The van der Waals surface area contributed by atoms with Crippen LogP contribution in [0.25, 0.3) is 0 Å². The van der Waals surface area contributed by atoms with Crippen molar-refractivity contribution in [2.45, 2.75) is 65.6 Å². The van der Waals surface area contributed by atoms with Crippen LogP contribution in [0.3, 0.4) is 0 Å². The Balaban J connectivity index is 2.48. The van der Waals surface area contributed by atoms with Crippen molar-refractivity contribution in [1.29, 1.82) is 0 Å². The third-order valence-corrected chi connectivity index (χ3v) is 4.93. The number of cyclic esters (lactones) is 2. The second-order valence-electron chi connectivity index (χ2n) is 7.69. The molecule has 1 saturated heterocycles. The summed E-state index contributed by atoms with van der Waals surface area (Å²) in [6, 6.07) is 10.2. The normalized spacial score (nSPS) is 19.2. The van der Waals surface area contributed by atoms with Crippen LogP contribution in [-0.4, -0.2) is 17.7 Å². The summed E-state index contributed by atoms with van der Waals surface area (Å²) in [6.07, 6.45) is 1.49. The summed E-state index contributed by atoms with van der Waals surface area (Å²) in [6.45, 7) is 11.4. The molecule has 0 saturated carbocycles. The van der Waals surface area contributed by atoms with Gasteiger partial charge in [0.15, 0.2) is 0 Å². The Labute approximate surface area is 150 Å². The molecular weight excluding hydrogens is 316 g/mol. The van der Waals surface area contributed by atoms with Gasteiger partial charge in [-0.15, -0.1) is 0 Å². The number of carbonyl (C=O) groups excluding carboxylic acids is 2. The lowest BCUT2D eigenvalue weighted by atomic mass is 9.72. The minimum absolute atomic E-state index is 0.0332. The number of hydrogen-bond donors (Lipinski definition) is 0. The van der Waals surface area contributed by atoms with E-state index < -0.39 is 17.7 Å². The van der Waals surface area contributed by atoms with Crippen molar-refractivity contribution >= 4 is 11.9 Å². The van der Waals surface area contributed by atoms with E-state index >= 15 is 0 Å². The minimum atomic E-state index is -1.22. The first kappa shape index (κ1) is 19.2. The SMILES string of the molecule is CC[C@](C)(CC(=C1C(=O)OC(C)(C)OC1=O)C(C)C)c1ccccc1. The van der Waals surface area contributed by atoms with Crippen molar-refractivity contribution in [1.82, 2.24) is 0 Å². The Morgan fingerprint density at radius 1 is 1.08 bits per heavy atom. The summed E-state index contributed by atoms with van der Waals surface area (Å²) in [5.41, 5.74) is 1.86. The number of allylic oxidation sites excluding steroid dienone is 1. The van der Waals surface area contributed by atoms with E-state index in [0.29, 0.717) is 6.42 Å². The molecule has 0 unspecified atom stereocenters. The predicted octanol–water partition coefficient (Wildman–Crippen LogP) is 4.53. The van der Waals surface area contributed by atoms with Crippen LogP contribution in [-0.2, 0) is 24.5 Å². The van der Waals surface area contributed by atoms with E-state index in [1.807, 2.05) is 32.0 Å². The van der Waals surface area contributed by atoms with Crippen molar-refractivity contribution < 1.29 is 19.1 Å². The molecule has 1 aliphatic heterocycles. The molecular formula is C21H28O4. The molecule has 1 aromatic carbocycles. The van der Waals surface area contributed by atoms with Gasteiger partial charge in [-0.2, -0.15) is 0 Å². The third kappa shape index (κ3) is 4.12. The van der Waals surface area contributed by atoms with Crippen LogP contribution in [0.4, 0.5) is 0 Å². The zero-order valence-electron chi connectivity index (χ0n) is 16.0. The van der Waals surface area contributed by atoms with Crippen LogP contribution in [0.1, 0.15) is 59.9 Å². The fraction of sp³-hybridized carbons (Fsp3) is 0.524. The first-order chi connectivity index (χ1) is 11.6. The standard InChI is InChI=1S/C21H28O4/c1-7-21(6,15-11-9-8-10-12-15)13-16(14(2)3)17-18(22)24-20(4,5)25-19(17)23/h8-12,14H,7,13H2,1-6H3/t21-/m1/s1. The van der Waals surface area contributed by atoms with Gasteiger partial charge in [-0.1, -0.05) is 58.0 Å². The van der Waals surface area contributed by atoms with Crippen LogP contribution >= 0.6 is 0 Å². The van der Waals surface area contributed by atoms with E-state index in [0.717, 1.165) is 12.0 Å². The molecule has 4 nitrogen and oxygen atoms in total. The summed E-state index contributed by atoms with van der Waals surface area (Å²) in [5.74, 6) is -2.36. The van der Waals surface area contributed by atoms with Gasteiger partial charge >= 0.3 is 11.9 Å². The molecule has 1 atom stereocenters. The zero-order valence-corrected chi connectivity index (χ0v) is 16.0. The fourth-order valence-electron chi connectivity index (χ4n) is 3.19. The molecule has 0 bridgehead atoms. The summed E-state index contributed by atoms with van der Waals surface area (Å²) in [7, 11) is 0. The third-order valence-electron chi connectivity index (χ3n) is 4.93. The van der Waals surface area contributed by atoms with E-state index in [9.17, 15) is 9.59 Å². The molecule has 0 aromatic heterocycles. The first-order valence-corrected chi connectivity index (χ1v) is 8.85. The highest BCUT2D eigenvalue weighted by atomic mass is 16.7. The monoisotopic (exact) mass is 344 g/mol. The maximum Gasteiger partial charge on any atom is 0.348 e. The molecule has 136 valence electrons. The number of hydrogen-bond acceptors (Lipinski definition) is 4. The van der Waals surface area contributed by atoms with Crippen molar-refractivity contribution in [3.63, 3.8) is 0 Å². The Bertz CT molecular complexity index is 663. The van der Waals surface area contributed by atoms with Gasteiger partial charge in [-0.25, -0.2) is 9.59 Å². The maximum atomic E-state index is 12.5. The van der Waals surface area contributed by atoms with Crippen LogP contribution in [0, 0.1) is 5.92 Å². The number of rotatable bonds is 5. The number of ether oxygens (including phenoxy) is 2. The van der Waals surface area contributed by atoms with Gasteiger partial charge in [0.2, 0.25) is 0 Å². The van der Waals surface area contributed by atoms with Gasteiger partial charge < -0.3 is 9.47 Å². The van der Waals surface area contributed by atoms with Crippen LogP contribution in [0.5, 0.6) is 0 Å². The average Bonchev–Trinajstić information content (AvgIpc) is 2.52. The molecule has 1 fully saturated rings. The van der Waals surface area contributed by atoms with E-state index in [1.165, 1.54) is 5.56 Å². The van der Waals surface area contributed by atoms with E-state index in [1.54, 1.807) is 13.8 Å². The second kappa shape index (κ2) is 7.03. The predicted molar refractivity (Wildman–Crippen MR) is 96.8 cm³/mol. The van der Waals surface area contributed by atoms with Crippen molar-refractivity contribution in [3.05, 3.63) is 47.0 Å². The first-order valence-electron chi connectivity index (χ1n) is 8.85. The summed E-state index contributed by atoms with van der Waals surface area (Å²) < 4.78 is 10.6. The van der Waals surface area contributed by atoms with Crippen LogP contribution < -0.4 is 0 Å². The average molecular weight is 344 g/mol. The number of esters is 2. The number of carbonyl (C=O) groups is 2. The molecule has 0 spiro atoms. The van der Waals surface area contributed by atoms with Gasteiger partial charge in [0, 0.05) is 13.8 Å². The Morgan fingerprint density at radius 2 is 1.60 bits per heavy atom. The van der Waals surface area contributed by atoms with Gasteiger partial charge in [-0.3, -0.25) is 0 Å². The molecule has 4 heteroatoms. The van der Waals surface area contributed by atoms with Crippen molar-refractivity contribution in [3.8, 4) is 0 Å². The maximum absolute atomic E-state index is 12.5. The van der Waals surface area contributed by atoms with Crippen molar-refractivity contribution in [2.75, 3.05) is 0 Å². The van der Waals surface area contributed by atoms with Gasteiger partial charge in [0.05, 0.1) is 0 Å². The van der Waals surface area contributed by atoms with Crippen LogP contribution in [0.15, 0.2) is 41.5 Å². The molecule has 1 heterocycles. The Kier molecular flexibility index (Phi) is 5.40. The lowest BCUT2D eigenvalue weighted by Crippen LogP contribution is -2.43. The van der Waals surface area contributed by atoms with Gasteiger partial charge in [-0.05, 0) is 35.3 Å². The zero-order chi connectivity index (χ0) is 18.8. The van der Waals surface area contributed by atoms with E-state index in [4.69, 9.17) is 9.47 Å². The van der Waals surface area contributed by atoms with E-state index in [2.05, 4.69) is 26.0 Å².